The van der Waals surface area contributed by atoms with Gasteiger partial charge in [-0.2, -0.15) is 13.2 Å². The number of likely N-dealkylation sites (N-methyl/N-ethyl adjacent to an activating group) is 1. The number of rotatable bonds is 5. The normalized spacial score (nSPS) is 18.4. The number of aromatic nitrogens is 2. The molecule has 1 unspecified atom stereocenters. The van der Waals surface area contributed by atoms with Gasteiger partial charge in [-0.25, -0.2) is 14.4 Å². The van der Waals surface area contributed by atoms with Gasteiger partial charge in [0.25, 0.3) is 0 Å². The highest BCUT2D eigenvalue weighted by Gasteiger charge is 2.35. The molecule has 32 heavy (non-hydrogen) atoms. The van der Waals surface area contributed by atoms with E-state index in [0.29, 0.717) is 25.2 Å². The van der Waals surface area contributed by atoms with Gasteiger partial charge in [-0.15, -0.1) is 0 Å². The number of anilines is 2. The molecule has 6 nitrogen and oxygen atoms in total. The van der Waals surface area contributed by atoms with Crippen molar-refractivity contribution in [2.75, 3.05) is 63.6 Å². The van der Waals surface area contributed by atoms with Crippen molar-refractivity contribution in [2.45, 2.75) is 25.1 Å². The Hall–Kier alpha value is -2.46. The number of hydrogen-bond acceptors (Lipinski definition) is 6. The highest BCUT2D eigenvalue weighted by molar-refractivity contribution is 5.60. The Labute approximate surface area is 185 Å². The minimum absolute atomic E-state index is 0.204. The summed E-state index contributed by atoms with van der Waals surface area (Å²) < 4.78 is 53.2. The number of piperazine rings is 1. The maximum absolute atomic E-state index is 14.3. The number of alkyl halides is 3. The van der Waals surface area contributed by atoms with Crippen molar-refractivity contribution in [1.82, 2.24) is 19.8 Å². The van der Waals surface area contributed by atoms with Gasteiger partial charge in [-0.3, -0.25) is 4.90 Å². The second-order valence-electron chi connectivity index (χ2n) is 8.59. The van der Waals surface area contributed by atoms with Crippen LogP contribution in [0.15, 0.2) is 24.5 Å². The van der Waals surface area contributed by atoms with Crippen LogP contribution in [0.2, 0.25) is 0 Å². The van der Waals surface area contributed by atoms with Crippen LogP contribution in [0.1, 0.15) is 29.2 Å². The SMILES string of the molecule is CN(C)CC(c1ccc(C(F)(F)F)c(F)c1)N1CCN(c2ncnc3c2CCCN3)CC1. The van der Waals surface area contributed by atoms with Crippen LogP contribution in [0, 0.1) is 5.82 Å². The Bertz CT molecular complexity index is 941. The molecule has 2 aliphatic rings. The standard InChI is InChI=1S/C22H28F4N6/c1-30(2)13-19(15-5-6-17(18(23)12-15)22(24,25)26)31-8-10-32(11-9-31)21-16-4-3-7-27-20(16)28-14-29-21/h5-6,12,14,19H,3-4,7-11,13H2,1-2H3,(H,27,28,29). The predicted octanol–water partition coefficient (Wildman–Crippen LogP) is 3.42. The van der Waals surface area contributed by atoms with Crippen LogP contribution in [-0.4, -0.2) is 73.1 Å². The zero-order valence-electron chi connectivity index (χ0n) is 18.3. The Balaban J connectivity index is 1.52. The van der Waals surface area contributed by atoms with Crippen molar-refractivity contribution < 1.29 is 17.6 Å². The molecule has 1 atom stereocenters. The molecule has 2 aromatic rings. The fourth-order valence-corrected chi connectivity index (χ4v) is 4.52. The first-order valence-electron chi connectivity index (χ1n) is 10.8. The second kappa shape index (κ2) is 9.19. The summed E-state index contributed by atoms with van der Waals surface area (Å²) in [5.41, 5.74) is 0.472. The molecular weight excluding hydrogens is 424 g/mol. The summed E-state index contributed by atoms with van der Waals surface area (Å²) in [7, 11) is 3.81. The molecule has 1 aromatic heterocycles. The third-order valence-electron chi connectivity index (χ3n) is 6.09. The van der Waals surface area contributed by atoms with E-state index in [2.05, 4.69) is 25.1 Å². The first-order valence-corrected chi connectivity index (χ1v) is 10.8. The highest BCUT2D eigenvalue weighted by atomic mass is 19.4. The zero-order valence-corrected chi connectivity index (χ0v) is 18.3. The van der Waals surface area contributed by atoms with Crippen LogP contribution in [0.4, 0.5) is 29.2 Å². The zero-order chi connectivity index (χ0) is 22.9. The molecule has 3 heterocycles. The van der Waals surface area contributed by atoms with Crippen LogP contribution < -0.4 is 10.2 Å². The van der Waals surface area contributed by atoms with Crippen LogP contribution in [0.3, 0.4) is 0 Å². The molecule has 0 spiro atoms. The van der Waals surface area contributed by atoms with E-state index in [0.717, 1.165) is 61.8 Å². The van der Waals surface area contributed by atoms with E-state index in [9.17, 15) is 17.6 Å². The molecule has 1 aromatic carbocycles. The average molecular weight is 453 g/mol. The summed E-state index contributed by atoms with van der Waals surface area (Å²) in [6.45, 7) is 4.36. The molecule has 0 amide bonds. The van der Waals surface area contributed by atoms with Gasteiger partial charge in [-0.1, -0.05) is 6.07 Å². The molecule has 1 fully saturated rings. The molecule has 1 saturated heterocycles. The van der Waals surface area contributed by atoms with Gasteiger partial charge in [0.15, 0.2) is 0 Å². The molecular formula is C22H28F4N6. The third kappa shape index (κ3) is 4.80. The molecule has 0 aliphatic carbocycles. The van der Waals surface area contributed by atoms with E-state index in [-0.39, 0.29) is 6.04 Å². The van der Waals surface area contributed by atoms with Gasteiger partial charge in [-0.05, 0) is 44.6 Å². The molecule has 10 heteroatoms. The average Bonchev–Trinajstić information content (AvgIpc) is 2.76. The number of benzene rings is 1. The summed E-state index contributed by atoms with van der Waals surface area (Å²) in [5, 5.41) is 3.32. The number of nitrogens with zero attached hydrogens (tertiary/aromatic N) is 5. The Morgan fingerprint density at radius 1 is 1.12 bits per heavy atom. The lowest BCUT2D eigenvalue weighted by Gasteiger charge is -2.41. The molecule has 0 bridgehead atoms. The maximum Gasteiger partial charge on any atom is 0.419 e. The van der Waals surface area contributed by atoms with Gasteiger partial charge in [0.2, 0.25) is 0 Å². The van der Waals surface area contributed by atoms with Crippen molar-refractivity contribution in [3.63, 3.8) is 0 Å². The van der Waals surface area contributed by atoms with E-state index < -0.39 is 17.6 Å². The smallest absolute Gasteiger partial charge is 0.370 e. The quantitative estimate of drug-likeness (QED) is 0.702. The fourth-order valence-electron chi connectivity index (χ4n) is 4.52. The summed E-state index contributed by atoms with van der Waals surface area (Å²) in [6.07, 6.45) is -1.14. The summed E-state index contributed by atoms with van der Waals surface area (Å²) in [6, 6.07) is 3.09. The van der Waals surface area contributed by atoms with Gasteiger partial charge in [0.1, 0.15) is 23.8 Å². The van der Waals surface area contributed by atoms with Crippen LogP contribution in [-0.2, 0) is 12.6 Å². The van der Waals surface area contributed by atoms with Gasteiger partial charge in [0, 0.05) is 50.9 Å². The Morgan fingerprint density at radius 2 is 1.88 bits per heavy atom. The maximum atomic E-state index is 14.3. The van der Waals surface area contributed by atoms with Crippen molar-refractivity contribution >= 4 is 11.6 Å². The van der Waals surface area contributed by atoms with E-state index >= 15 is 0 Å². The van der Waals surface area contributed by atoms with Gasteiger partial charge in [0.05, 0.1) is 5.56 Å². The van der Waals surface area contributed by atoms with E-state index in [1.165, 1.54) is 6.07 Å². The van der Waals surface area contributed by atoms with Gasteiger partial charge < -0.3 is 15.1 Å². The molecule has 2 aliphatic heterocycles. The monoisotopic (exact) mass is 452 g/mol. The number of fused-ring (bicyclic) bond motifs is 1. The first kappa shape index (κ1) is 22.7. The molecule has 4 rings (SSSR count). The van der Waals surface area contributed by atoms with Crippen LogP contribution in [0.25, 0.3) is 0 Å². The predicted molar refractivity (Wildman–Crippen MR) is 115 cm³/mol. The molecule has 174 valence electrons. The first-order chi connectivity index (χ1) is 15.2. The van der Waals surface area contributed by atoms with Crippen molar-refractivity contribution in [3.05, 3.63) is 47.0 Å². The highest BCUT2D eigenvalue weighted by Crippen LogP contribution is 2.34. The summed E-state index contributed by atoms with van der Waals surface area (Å²) in [5.74, 6) is 0.624. The van der Waals surface area contributed by atoms with Crippen LogP contribution in [0.5, 0.6) is 0 Å². The largest absolute Gasteiger partial charge is 0.419 e. The second-order valence-corrected chi connectivity index (χ2v) is 8.59. The topological polar surface area (TPSA) is 47.5 Å². The third-order valence-corrected chi connectivity index (χ3v) is 6.09. The molecule has 0 radical (unpaired) electrons. The van der Waals surface area contributed by atoms with E-state index in [1.54, 1.807) is 6.33 Å². The summed E-state index contributed by atoms with van der Waals surface area (Å²) >= 11 is 0. The molecule has 1 N–H and O–H groups in total. The van der Waals surface area contributed by atoms with Crippen molar-refractivity contribution in [3.8, 4) is 0 Å². The lowest BCUT2D eigenvalue weighted by molar-refractivity contribution is -0.140. The molecule has 0 saturated carbocycles. The lowest BCUT2D eigenvalue weighted by Crippen LogP contribution is -2.50. The van der Waals surface area contributed by atoms with Crippen molar-refractivity contribution in [1.29, 1.82) is 0 Å². The number of halogens is 4. The number of nitrogens with one attached hydrogen (secondary N) is 1. The van der Waals surface area contributed by atoms with Gasteiger partial charge >= 0.3 is 6.18 Å². The van der Waals surface area contributed by atoms with Crippen LogP contribution >= 0.6 is 0 Å². The Morgan fingerprint density at radius 3 is 2.53 bits per heavy atom. The van der Waals surface area contributed by atoms with E-state index in [4.69, 9.17) is 0 Å². The summed E-state index contributed by atoms with van der Waals surface area (Å²) in [4.78, 5) is 15.3. The minimum Gasteiger partial charge on any atom is -0.370 e. The fraction of sp³-hybridized carbons (Fsp3) is 0.545. The minimum atomic E-state index is -4.70. The Kier molecular flexibility index (Phi) is 6.52. The number of hydrogen-bond donors (Lipinski definition) is 1. The van der Waals surface area contributed by atoms with E-state index in [1.807, 2.05) is 19.0 Å². The lowest BCUT2D eigenvalue weighted by atomic mass is 10.0. The van der Waals surface area contributed by atoms with Crippen molar-refractivity contribution in [2.24, 2.45) is 0 Å².